The molecule has 1 nitrogen and oxygen atoms in total. The Morgan fingerprint density at radius 2 is 1.37 bits per heavy atom. The van der Waals surface area contributed by atoms with E-state index in [1.165, 1.54) is 12.1 Å². The maximum Gasteiger partial charge on any atom is 0.416 e. The van der Waals surface area contributed by atoms with Gasteiger partial charge in [-0.25, -0.2) is 0 Å². The number of hydrogen-bond donors (Lipinski definition) is 1. The molecule has 0 aliphatic rings. The van der Waals surface area contributed by atoms with Crippen LogP contribution in [0.1, 0.15) is 16.7 Å². The molecule has 2 rings (SSSR count). The second-order valence-electron chi connectivity index (χ2n) is 4.22. The number of aryl methyl sites for hydroxylation is 2. The van der Waals surface area contributed by atoms with E-state index < -0.39 is 11.7 Å². The lowest BCUT2D eigenvalue weighted by atomic mass is 10.1. The van der Waals surface area contributed by atoms with Gasteiger partial charge in [0.1, 0.15) is 0 Å². The van der Waals surface area contributed by atoms with Crippen LogP contribution < -0.4 is 5.73 Å². The Morgan fingerprint density at radius 3 is 1.74 bits per heavy atom. The molecule has 2 N–H and O–H groups in total. The van der Waals surface area contributed by atoms with E-state index in [1.54, 1.807) is 6.92 Å². The molecule has 0 radical (unpaired) electrons. The zero-order valence-electron chi connectivity index (χ0n) is 10.8. The van der Waals surface area contributed by atoms with Crippen molar-refractivity contribution in [2.24, 2.45) is 0 Å². The van der Waals surface area contributed by atoms with Crippen LogP contribution in [0.3, 0.4) is 0 Å². The summed E-state index contributed by atoms with van der Waals surface area (Å²) in [5, 5.41) is 0. The molecule has 102 valence electrons. The Kier molecular flexibility index (Phi) is 4.98. The minimum atomic E-state index is -4.21. The molecule has 0 aliphatic heterocycles. The molecule has 4 heteroatoms. The summed E-state index contributed by atoms with van der Waals surface area (Å²) in [4.78, 5) is 0. The smallest absolute Gasteiger partial charge is 0.399 e. The van der Waals surface area contributed by atoms with Crippen molar-refractivity contribution in [3.8, 4) is 0 Å². The van der Waals surface area contributed by atoms with E-state index in [1.807, 2.05) is 31.2 Å². The largest absolute Gasteiger partial charge is 0.416 e. The van der Waals surface area contributed by atoms with E-state index in [9.17, 15) is 13.2 Å². The van der Waals surface area contributed by atoms with Crippen LogP contribution in [0.25, 0.3) is 0 Å². The normalized spacial score (nSPS) is 10.6. The minimum Gasteiger partial charge on any atom is -0.399 e. The first-order valence-corrected chi connectivity index (χ1v) is 5.75. The van der Waals surface area contributed by atoms with Crippen molar-refractivity contribution in [2.75, 3.05) is 5.73 Å². The number of nitrogens with two attached hydrogens (primary N) is 1. The molecule has 0 aliphatic carbocycles. The van der Waals surface area contributed by atoms with Gasteiger partial charge in [0.05, 0.1) is 5.56 Å². The minimum absolute atomic E-state index is 0.594. The van der Waals surface area contributed by atoms with E-state index in [0.717, 1.165) is 28.9 Å². The third kappa shape index (κ3) is 5.04. The predicted octanol–water partition coefficient (Wildman–Crippen LogP) is 4.59. The van der Waals surface area contributed by atoms with E-state index in [4.69, 9.17) is 5.73 Å². The fraction of sp³-hybridized carbons (Fsp3) is 0.200. The molecule has 0 saturated carbocycles. The SMILES string of the molecule is Cc1ccc(C(F)(F)F)cc1.Cc1ccccc1N. The molecule has 0 aromatic heterocycles. The molecule has 0 bridgehead atoms. The summed E-state index contributed by atoms with van der Waals surface area (Å²) in [5.41, 5.74) is 7.77. The van der Waals surface area contributed by atoms with Crippen LogP contribution in [-0.4, -0.2) is 0 Å². The van der Waals surface area contributed by atoms with Crippen LogP contribution >= 0.6 is 0 Å². The summed E-state index contributed by atoms with van der Waals surface area (Å²) in [6.07, 6.45) is -4.21. The fourth-order valence-corrected chi connectivity index (χ4v) is 1.33. The molecule has 0 spiro atoms. The Morgan fingerprint density at radius 1 is 0.842 bits per heavy atom. The number of nitrogen functional groups attached to an aromatic ring is 1. The third-order valence-corrected chi connectivity index (χ3v) is 2.57. The van der Waals surface area contributed by atoms with Gasteiger partial charge in [-0.3, -0.25) is 0 Å². The summed E-state index contributed by atoms with van der Waals surface area (Å²) in [7, 11) is 0. The Labute approximate surface area is 110 Å². The molecule has 19 heavy (non-hydrogen) atoms. The fourth-order valence-electron chi connectivity index (χ4n) is 1.33. The highest BCUT2D eigenvalue weighted by molar-refractivity contribution is 5.44. The molecule has 0 atom stereocenters. The highest BCUT2D eigenvalue weighted by Crippen LogP contribution is 2.28. The van der Waals surface area contributed by atoms with Crippen molar-refractivity contribution in [1.29, 1.82) is 0 Å². The lowest BCUT2D eigenvalue weighted by molar-refractivity contribution is -0.137. The van der Waals surface area contributed by atoms with E-state index in [0.29, 0.717) is 0 Å². The van der Waals surface area contributed by atoms with Gasteiger partial charge in [-0.1, -0.05) is 35.9 Å². The summed E-state index contributed by atoms with van der Waals surface area (Å²) >= 11 is 0. The van der Waals surface area contributed by atoms with Crippen molar-refractivity contribution in [1.82, 2.24) is 0 Å². The van der Waals surface area contributed by atoms with Gasteiger partial charge in [0.2, 0.25) is 0 Å². The van der Waals surface area contributed by atoms with Gasteiger partial charge >= 0.3 is 6.18 Å². The van der Waals surface area contributed by atoms with Crippen LogP contribution in [0.15, 0.2) is 48.5 Å². The first kappa shape index (κ1) is 15.1. The number of alkyl halides is 3. The number of anilines is 1. The lowest BCUT2D eigenvalue weighted by Gasteiger charge is -2.05. The molecule has 0 unspecified atom stereocenters. The highest BCUT2D eigenvalue weighted by atomic mass is 19.4. The standard InChI is InChI=1S/C8H7F3.C7H9N/c1-6-2-4-7(5-3-6)8(9,10)11;1-6-4-2-3-5-7(6)8/h2-5H,1H3;2-5H,8H2,1H3. The van der Waals surface area contributed by atoms with E-state index >= 15 is 0 Å². The van der Waals surface area contributed by atoms with Gasteiger partial charge in [-0.15, -0.1) is 0 Å². The zero-order chi connectivity index (χ0) is 14.5. The summed E-state index contributed by atoms with van der Waals surface area (Å²) < 4.78 is 35.8. The van der Waals surface area contributed by atoms with E-state index in [2.05, 4.69) is 0 Å². The molecule has 0 saturated heterocycles. The van der Waals surface area contributed by atoms with Crippen molar-refractivity contribution < 1.29 is 13.2 Å². The van der Waals surface area contributed by atoms with Crippen LogP contribution in [0.5, 0.6) is 0 Å². The van der Waals surface area contributed by atoms with E-state index in [-0.39, 0.29) is 0 Å². The van der Waals surface area contributed by atoms with Crippen LogP contribution in [-0.2, 0) is 6.18 Å². The summed E-state index contributed by atoms with van der Waals surface area (Å²) in [6, 6.07) is 12.9. The quantitative estimate of drug-likeness (QED) is 0.694. The molecule has 0 fully saturated rings. The molecular weight excluding hydrogens is 251 g/mol. The van der Waals surface area contributed by atoms with Crippen LogP contribution in [0.4, 0.5) is 18.9 Å². The lowest BCUT2D eigenvalue weighted by Crippen LogP contribution is -2.03. The first-order chi connectivity index (χ1) is 8.80. The monoisotopic (exact) mass is 267 g/mol. The van der Waals surface area contributed by atoms with Gasteiger partial charge in [0, 0.05) is 5.69 Å². The zero-order valence-corrected chi connectivity index (χ0v) is 10.8. The summed E-state index contributed by atoms with van der Waals surface area (Å²) in [5.74, 6) is 0. The Hall–Kier alpha value is -1.97. The number of hydrogen-bond acceptors (Lipinski definition) is 1. The third-order valence-electron chi connectivity index (χ3n) is 2.57. The maximum absolute atomic E-state index is 11.9. The summed E-state index contributed by atoms with van der Waals surface area (Å²) in [6.45, 7) is 3.75. The molecule has 2 aromatic carbocycles. The molecular formula is C15H16F3N. The van der Waals surface area contributed by atoms with Gasteiger partial charge < -0.3 is 5.73 Å². The first-order valence-electron chi connectivity index (χ1n) is 5.75. The van der Waals surface area contributed by atoms with Crippen molar-refractivity contribution in [3.63, 3.8) is 0 Å². The van der Waals surface area contributed by atoms with Crippen LogP contribution in [0.2, 0.25) is 0 Å². The van der Waals surface area contributed by atoms with Crippen LogP contribution in [0, 0.1) is 13.8 Å². The number of para-hydroxylation sites is 1. The molecule has 0 amide bonds. The van der Waals surface area contributed by atoms with Gasteiger partial charge in [-0.2, -0.15) is 13.2 Å². The number of halogens is 3. The Balaban J connectivity index is 0.000000200. The van der Waals surface area contributed by atoms with Gasteiger partial charge in [0.15, 0.2) is 0 Å². The average molecular weight is 267 g/mol. The number of benzene rings is 2. The van der Waals surface area contributed by atoms with Gasteiger partial charge in [-0.05, 0) is 37.6 Å². The molecule has 0 heterocycles. The van der Waals surface area contributed by atoms with Crippen molar-refractivity contribution in [3.05, 3.63) is 65.2 Å². The second-order valence-corrected chi connectivity index (χ2v) is 4.22. The van der Waals surface area contributed by atoms with Crippen molar-refractivity contribution >= 4 is 5.69 Å². The average Bonchev–Trinajstić information content (AvgIpc) is 2.33. The topological polar surface area (TPSA) is 26.0 Å². The number of rotatable bonds is 0. The van der Waals surface area contributed by atoms with Gasteiger partial charge in [0.25, 0.3) is 0 Å². The Bertz CT molecular complexity index is 495. The maximum atomic E-state index is 11.9. The second kappa shape index (κ2) is 6.27. The molecule has 2 aromatic rings. The highest BCUT2D eigenvalue weighted by Gasteiger charge is 2.29. The van der Waals surface area contributed by atoms with Crippen molar-refractivity contribution in [2.45, 2.75) is 20.0 Å². The predicted molar refractivity (Wildman–Crippen MR) is 71.8 cm³/mol.